The monoisotopic (exact) mass is 814 g/mol. The molecule has 4 aromatic rings. The third-order valence-electron chi connectivity index (χ3n) is 9.66. The number of fused-ring (bicyclic) bond motifs is 1. The molecular formula is C40H50F3N6O7P. The summed E-state index contributed by atoms with van der Waals surface area (Å²) < 4.78 is 82.0. The number of aromatic nitrogens is 4. The minimum Gasteiger partial charge on any atom is -0.465 e. The molecule has 5 atom stereocenters. The van der Waals surface area contributed by atoms with Gasteiger partial charge in [-0.25, -0.2) is 18.3 Å². The van der Waals surface area contributed by atoms with Crippen LogP contribution in [0.5, 0.6) is 5.75 Å². The fourth-order valence-electron chi connectivity index (χ4n) is 6.61. The van der Waals surface area contributed by atoms with Crippen LogP contribution in [-0.4, -0.2) is 61.6 Å². The highest BCUT2D eigenvalue weighted by Crippen LogP contribution is 2.48. The zero-order chi connectivity index (χ0) is 40.8. The molecule has 13 nitrogen and oxygen atoms in total. The van der Waals surface area contributed by atoms with Crippen LogP contribution in [-0.2, 0) is 29.8 Å². The maximum Gasteiger partial charge on any atom is 0.459 e. The van der Waals surface area contributed by atoms with Gasteiger partial charge in [0, 0.05) is 12.5 Å². The molecule has 1 aliphatic rings. The molecule has 0 saturated carbocycles. The molecule has 1 fully saturated rings. The number of nitrogens with zero attached hydrogens (tertiary/aromatic N) is 4. The molecule has 0 radical (unpaired) electrons. The predicted molar refractivity (Wildman–Crippen MR) is 207 cm³/mol. The second kappa shape index (κ2) is 20.8. The van der Waals surface area contributed by atoms with Crippen molar-refractivity contribution in [2.24, 2.45) is 0 Å². The average molecular weight is 815 g/mol. The van der Waals surface area contributed by atoms with Gasteiger partial charge in [0.05, 0.1) is 12.9 Å². The Balaban J connectivity index is 1.29. The third kappa shape index (κ3) is 12.2. The molecular weight excluding hydrogens is 764 g/mol. The molecule has 1 unspecified atom stereocenters. The molecule has 2 aromatic carbocycles. The lowest BCUT2D eigenvalue weighted by Crippen LogP contribution is -2.44. The summed E-state index contributed by atoms with van der Waals surface area (Å²) in [6.07, 6.45) is 15.1. The quantitative estimate of drug-likeness (QED) is 0.0219. The van der Waals surface area contributed by atoms with Gasteiger partial charge >= 0.3 is 19.8 Å². The summed E-state index contributed by atoms with van der Waals surface area (Å²) in [5.74, 6) is -0.375. The van der Waals surface area contributed by atoms with Gasteiger partial charge in [-0.3, -0.25) is 13.9 Å². The number of benzene rings is 2. The number of nitrogens with one attached hydrogen (secondary N) is 1. The van der Waals surface area contributed by atoms with Gasteiger partial charge in [0.15, 0.2) is 22.6 Å². The minimum atomic E-state index is -4.68. The SMILES string of the molecule is C#C[C@]1(COP(=O)(N[C@@H](Cc2cc(F)cc(F)c2)C(=O)OCCCCCCCCCCCCC)Oc2ccccc2)O[C@@H](n2cnc3c(N)nc(F)nc32)C[C@@H]1O. The number of aliphatic hydroxyl groups is 1. The van der Waals surface area contributed by atoms with Crippen molar-refractivity contribution < 1.29 is 46.2 Å². The van der Waals surface area contributed by atoms with Crippen LogP contribution in [0.3, 0.4) is 0 Å². The summed E-state index contributed by atoms with van der Waals surface area (Å²) in [4.78, 5) is 25.0. The highest BCUT2D eigenvalue weighted by molar-refractivity contribution is 7.52. The van der Waals surface area contributed by atoms with Crippen LogP contribution in [0.2, 0.25) is 0 Å². The molecule has 0 amide bonds. The first-order chi connectivity index (χ1) is 27.4. The van der Waals surface area contributed by atoms with Crippen LogP contribution >= 0.6 is 7.75 Å². The molecule has 5 rings (SSSR count). The maximum atomic E-state index is 14.7. The van der Waals surface area contributed by atoms with E-state index in [-0.39, 0.29) is 47.7 Å². The summed E-state index contributed by atoms with van der Waals surface area (Å²) in [6, 6.07) is 9.18. The lowest BCUT2D eigenvalue weighted by molar-refractivity contribution is -0.146. The van der Waals surface area contributed by atoms with E-state index in [0.29, 0.717) is 12.5 Å². The number of hydrogen-bond acceptors (Lipinski definition) is 11. The number of anilines is 1. The first-order valence-corrected chi connectivity index (χ1v) is 20.9. The lowest BCUT2D eigenvalue weighted by atomic mass is 9.99. The van der Waals surface area contributed by atoms with E-state index >= 15 is 0 Å². The van der Waals surface area contributed by atoms with Gasteiger partial charge in [-0.15, -0.1) is 6.42 Å². The number of carbonyl (C=O) groups is 1. The Labute approximate surface area is 330 Å². The minimum absolute atomic E-state index is 0.0194. The van der Waals surface area contributed by atoms with Crippen molar-refractivity contribution in [1.29, 1.82) is 0 Å². The molecule has 1 aliphatic heterocycles. The molecule has 3 heterocycles. The van der Waals surface area contributed by atoms with Gasteiger partial charge in [-0.2, -0.15) is 19.4 Å². The van der Waals surface area contributed by atoms with Gasteiger partial charge in [-0.1, -0.05) is 95.3 Å². The second-order valence-electron chi connectivity index (χ2n) is 14.1. The fraction of sp³-hybridized carbons (Fsp3) is 0.500. The molecule has 308 valence electrons. The van der Waals surface area contributed by atoms with Crippen molar-refractivity contribution in [2.45, 2.75) is 114 Å². The Hall–Kier alpha value is -4.52. The molecule has 17 heteroatoms. The number of esters is 1. The number of hydrogen-bond donors (Lipinski definition) is 3. The summed E-state index contributed by atoms with van der Waals surface area (Å²) in [5, 5.41) is 13.8. The van der Waals surface area contributed by atoms with Gasteiger partial charge in [0.2, 0.25) is 0 Å². The number of carbonyl (C=O) groups excluding carboxylic acids is 1. The first kappa shape index (κ1) is 43.6. The predicted octanol–water partition coefficient (Wildman–Crippen LogP) is 7.74. The molecule has 2 aromatic heterocycles. The number of halogens is 3. The number of nitrogens with two attached hydrogens (primary N) is 1. The average Bonchev–Trinajstić information content (AvgIpc) is 3.75. The zero-order valence-corrected chi connectivity index (χ0v) is 32.9. The van der Waals surface area contributed by atoms with Gasteiger partial charge < -0.3 is 24.8 Å². The number of nitrogen functional groups attached to an aromatic ring is 1. The topological polar surface area (TPSA) is 173 Å². The smallest absolute Gasteiger partial charge is 0.459 e. The van der Waals surface area contributed by atoms with Crippen molar-refractivity contribution in [2.75, 3.05) is 18.9 Å². The highest BCUT2D eigenvalue weighted by Gasteiger charge is 2.50. The molecule has 0 spiro atoms. The Bertz CT molecular complexity index is 2000. The van der Waals surface area contributed by atoms with Crippen LogP contribution in [0.15, 0.2) is 54.9 Å². The van der Waals surface area contributed by atoms with Gasteiger partial charge in [0.1, 0.15) is 42.4 Å². The normalized spacial score (nSPS) is 19.6. The molecule has 1 saturated heterocycles. The van der Waals surface area contributed by atoms with E-state index in [1.165, 1.54) is 61.6 Å². The largest absolute Gasteiger partial charge is 0.465 e. The van der Waals surface area contributed by atoms with Gasteiger partial charge in [0.25, 0.3) is 0 Å². The number of ether oxygens (including phenoxy) is 2. The highest BCUT2D eigenvalue weighted by atomic mass is 31.2. The van der Waals surface area contributed by atoms with E-state index in [4.69, 9.17) is 30.7 Å². The van der Waals surface area contributed by atoms with Crippen molar-refractivity contribution in [3.8, 4) is 18.1 Å². The number of unbranched alkanes of at least 4 members (excludes halogenated alkanes) is 10. The van der Waals surface area contributed by atoms with Gasteiger partial charge in [-0.05, 0) is 42.7 Å². The molecule has 57 heavy (non-hydrogen) atoms. The van der Waals surface area contributed by atoms with E-state index < -0.39 is 62.0 Å². The number of rotatable bonds is 23. The lowest BCUT2D eigenvalue weighted by Gasteiger charge is -2.30. The van der Waals surface area contributed by atoms with Crippen LogP contribution in [0, 0.1) is 30.1 Å². The number of terminal acetylenes is 1. The van der Waals surface area contributed by atoms with E-state index in [2.05, 4.69) is 32.9 Å². The molecule has 0 bridgehead atoms. The van der Waals surface area contributed by atoms with E-state index in [0.717, 1.165) is 37.8 Å². The van der Waals surface area contributed by atoms with E-state index in [1.807, 2.05) is 0 Å². The van der Waals surface area contributed by atoms with Crippen LogP contribution in [0.1, 0.15) is 95.8 Å². The summed E-state index contributed by atoms with van der Waals surface area (Å²) in [6.45, 7) is 1.51. The number of aliphatic hydroxyl groups excluding tert-OH is 1. The van der Waals surface area contributed by atoms with E-state index in [9.17, 15) is 27.6 Å². The first-order valence-electron chi connectivity index (χ1n) is 19.3. The second-order valence-corrected chi connectivity index (χ2v) is 15.8. The van der Waals surface area contributed by atoms with Crippen molar-refractivity contribution >= 4 is 30.7 Å². The van der Waals surface area contributed by atoms with E-state index in [1.54, 1.807) is 18.2 Å². The zero-order valence-electron chi connectivity index (χ0n) is 32.0. The Morgan fingerprint density at radius 3 is 2.35 bits per heavy atom. The number of para-hydroxylation sites is 1. The third-order valence-corrected chi connectivity index (χ3v) is 11.2. The summed E-state index contributed by atoms with van der Waals surface area (Å²) >= 11 is 0. The Morgan fingerprint density at radius 1 is 1.05 bits per heavy atom. The molecule has 4 N–H and O–H groups in total. The van der Waals surface area contributed by atoms with Crippen LogP contribution in [0.4, 0.5) is 19.0 Å². The maximum absolute atomic E-state index is 14.7. The standard InChI is InChI=1S/C40H50F3N6O7P/c1-3-5-6-7-8-9-10-11-12-13-17-20-53-38(51)32(23-28-21-29(41)24-30(42)22-28)48-57(52,56-31-18-15-14-16-19-31)54-26-40(4-2)33(50)25-34(55-40)49-27-45-35-36(44)46-39(43)47-37(35)49/h2,14-16,18-19,21-22,24,27,32-34,50H,3,5-13,17,20,23,25-26H2,1H3,(H,48,52)(H2,44,46,47)/t32-,33-,34+,40+,57?/m0/s1. The summed E-state index contributed by atoms with van der Waals surface area (Å²) in [5.41, 5.74) is 3.99. The fourth-order valence-corrected chi connectivity index (χ4v) is 8.13. The Morgan fingerprint density at radius 2 is 1.70 bits per heavy atom. The van der Waals surface area contributed by atoms with Crippen LogP contribution < -0.4 is 15.3 Å². The Kier molecular flexibility index (Phi) is 15.9. The molecule has 0 aliphatic carbocycles. The van der Waals surface area contributed by atoms with Crippen molar-refractivity contribution in [3.05, 3.63) is 78.1 Å². The van der Waals surface area contributed by atoms with Crippen LogP contribution in [0.25, 0.3) is 11.2 Å². The number of imidazole rings is 1. The van der Waals surface area contributed by atoms with Crippen molar-refractivity contribution in [3.63, 3.8) is 0 Å². The van der Waals surface area contributed by atoms with Crippen molar-refractivity contribution in [1.82, 2.24) is 24.6 Å². The summed E-state index contributed by atoms with van der Waals surface area (Å²) in [7, 11) is -4.68.